The lowest BCUT2D eigenvalue weighted by Crippen LogP contribution is -2.33. The van der Waals surface area contributed by atoms with Crippen LogP contribution in [0.2, 0.25) is 0 Å². The second-order valence-corrected chi connectivity index (χ2v) is 4.58. The Hall–Kier alpha value is -0.770. The third-order valence-corrected chi connectivity index (χ3v) is 2.33. The average Bonchev–Trinajstić information content (AvgIpc) is 2.10. The van der Waals surface area contributed by atoms with E-state index in [-0.39, 0.29) is 5.41 Å². The average molecular weight is 201 g/mol. The Morgan fingerprint density at radius 2 is 2.07 bits per heavy atom. The van der Waals surface area contributed by atoms with Crippen molar-refractivity contribution in [3.8, 4) is 0 Å². The lowest BCUT2D eigenvalue weighted by molar-refractivity contribution is 0.304. The summed E-state index contributed by atoms with van der Waals surface area (Å²) in [6.45, 7) is 9.18. The van der Waals surface area contributed by atoms with Crippen LogP contribution in [0.3, 0.4) is 0 Å². The molecule has 0 aliphatic carbocycles. The molecule has 0 amide bonds. The first-order chi connectivity index (χ1) is 6.40. The zero-order valence-electron chi connectivity index (χ0n) is 9.67. The maximum absolute atomic E-state index is 8.56. The molecule has 0 heterocycles. The summed E-state index contributed by atoms with van der Waals surface area (Å²) in [7, 11) is 0. The van der Waals surface area contributed by atoms with Gasteiger partial charge >= 0.3 is 0 Å². The summed E-state index contributed by atoms with van der Waals surface area (Å²) in [6, 6.07) is 0.516. The van der Waals surface area contributed by atoms with Gasteiger partial charge in [-0.15, -0.1) is 0 Å². The standard InChI is InChI=1S/C10H23N3O/c1-8(2)12-7-5-6-10(3,4)9(11)13-14/h8,12,14H,5-7H2,1-4H3,(H2,11,13). The Labute approximate surface area is 86.6 Å². The fourth-order valence-corrected chi connectivity index (χ4v) is 1.18. The summed E-state index contributed by atoms with van der Waals surface area (Å²) < 4.78 is 0. The van der Waals surface area contributed by atoms with Gasteiger partial charge in [-0.1, -0.05) is 32.9 Å². The molecular formula is C10H23N3O. The molecule has 84 valence electrons. The van der Waals surface area contributed by atoms with Gasteiger partial charge in [0.25, 0.3) is 0 Å². The third kappa shape index (κ3) is 5.07. The lowest BCUT2D eigenvalue weighted by atomic mass is 9.86. The molecule has 0 aliphatic heterocycles. The Kier molecular flexibility index (Phi) is 5.53. The van der Waals surface area contributed by atoms with Crippen LogP contribution in [-0.4, -0.2) is 23.6 Å². The Bertz CT molecular complexity index is 188. The second kappa shape index (κ2) is 5.86. The molecule has 0 fully saturated rings. The minimum atomic E-state index is -0.215. The predicted octanol–water partition coefficient (Wildman–Crippen LogP) is 1.54. The van der Waals surface area contributed by atoms with Crippen LogP contribution in [0.1, 0.15) is 40.5 Å². The van der Waals surface area contributed by atoms with Crippen LogP contribution in [0.5, 0.6) is 0 Å². The highest BCUT2D eigenvalue weighted by atomic mass is 16.4. The number of nitrogens with one attached hydrogen (secondary N) is 1. The van der Waals surface area contributed by atoms with Crippen molar-refractivity contribution in [2.45, 2.75) is 46.6 Å². The van der Waals surface area contributed by atoms with E-state index in [4.69, 9.17) is 10.9 Å². The van der Waals surface area contributed by atoms with Crippen LogP contribution in [-0.2, 0) is 0 Å². The molecule has 0 radical (unpaired) electrons. The van der Waals surface area contributed by atoms with Gasteiger partial charge in [0.05, 0.1) is 0 Å². The summed E-state index contributed by atoms with van der Waals surface area (Å²) in [5.74, 6) is 0.307. The molecule has 0 aliphatic rings. The number of amidine groups is 1. The molecular weight excluding hydrogens is 178 g/mol. The molecule has 0 aromatic rings. The van der Waals surface area contributed by atoms with E-state index in [9.17, 15) is 0 Å². The fraction of sp³-hybridized carbons (Fsp3) is 0.900. The van der Waals surface area contributed by atoms with Crippen LogP contribution < -0.4 is 11.1 Å². The van der Waals surface area contributed by atoms with Gasteiger partial charge in [-0.3, -0.25) is 0 Å². The molecule has 4 N–H and O–H groups in total. The van der Waals surface area contributed by atoms with Gasteiger partial charge < -0.3 is 16.3 Å². The maximum atomic E-state index is 8.56. The van der Waals surface area contributed by atoms with Crippen molar-refractivity contribution in [3.05, 3.63) is 0 Å². The van der Waals surface area contributed by atoms with E-state index in [1.165, 1.54) is 0 Å². The first-order valence-corrected chi connectivity index (χ1v) is 5.11. The van der Waals surface area contributed by atoms with Gasteiger partial charge in [-0.25, -0.2) is 0 Å². The SMILES string of the molecule is CC(C)NCCCC(C)(C)C(N)=NO. The third-order valence-electron chi connectivity index (χ3n) is 2.33. The minimum Gasteiger partial charge on any atom is -0.409 e. The minimum absolute atomic E-state index is 0.215. The molecule has 0 aromatic carbocycles. The quantitative estimate of drug-likeness (QED) is 0.201. The Morgan fingerprint density at radius 1 is 1.50 bits per heavy atom. The van der Waals surface area contributed by atoms with Crippen molar-refractivity contribution in [1.82, 2.24) is 5.32 Å². The van der Waals surface area contributed by atoms with Crippen molar-refractivity contribution >= 4 is 5.84 Å². The van der Waals surface area contributed by atoms with Crippen molar-refractivity contribution in [1.29, 1.82) is 0 Å². The first kappa shape index (κ1) is 13.2. The summed E-state index contributed by atoms with van der Waals surface area (Å²) in [4.78, 5) is 0. The number of hydrogen-bond donors (Lipinski definition) is 3. The summed E-state index contributed by atoms with van der Waals surface area (Å²) in [5, 5.41) is 14.9. The highest BCUT2D eigenvalue weighted by molar-refractivity contribution is 5.85. The van der Waals surface area contributed by atoms with Crippen LogP contribution in [0.25, 0.3) is 0 Å². The highest BCUT2D eigenvalue weighted by Gasteiger charge is 2.22. The lowest BCUT2D eigenvalue weighted by Gasteiger charge is -2.22. The molecule has 0 spiro atoms. The Balaban J connectivity index is 3.77. The number of rotatable bonds is 6. The van der Waals surface area contributed by atoms with Gasteiger partial charge in [0.1, 0.15) is 5.84 Å². The van der Waals surface area contributed by atoms with Gasteiger partial charge in [0.2, 0.25) is 0 Å². The van der Waals surface area contributed by atoms with Crippen LogP contribution in [0.4, 0.5) is 0 Å². The Morgan fingerprint density at radius 3 is 2.50 bits per heavy atom. The molecule has 0 aromatic heterocycles. The maximum Gasteiger partial charge on any atom is 0.144 e. The van der Waals surface area contributed by atoms with Crippen molar-refractivity contribution < 1.29 is 5.21 Å². The van der Waals surface area contributed by atoms with Gasteiger partial charge in [-0.05, 0) is 19.4 Å². The van der Waals surface area contributed by atoms with E-state index in [2.05, 4.69) is 24.3 Å². The highest BCUT2D eigenvalue weighted by Crippen LogP contribution is 2.21. The van der Waals surface area contributed by atoms with Crippen LogP contribution >= 0.6 is 0 Å². The van der Waals surface area contributed by atoms with Crippen molar-refractivity contribution in [2.24, 2.45) is 16.3 Å². The fourth-order valence-electron chi connectivity index (χ4n) is 1.18. The molecule has 0 bridgehead atoms. The zero-order valence-corrected chi connectivity index (χ0v) is 9.67. The van der Waals surface area contributed by atoms with Crippen LogP contribution in [0, 0.1) is 5.41 Å². The zero-order chi connectivity index (χ0) is 11.2. The molecule has 4 heteroatoms. The van der Waals surface area contributed by atoms with E-state index in [0.29, 0.717) is 11.9 Å². The van der Waals surface area contributed by atoms with Crippen LogP contribution in [0.15, 0.2) is 5.16 Å². The molecule has 0 rings (SSSR count). The molecule has 0 unspecified atom stereocenters. The first-order valence-electron chi connectivity index (χ1n) is 5.11. The van der Waals surface area contributed by atoms with Crippen molar-refractivity contribution in [2.75, 3.05) is 6.54 Å². The molecule has 0 atom stereocenters. The van der Waals surface area contributed by atoms with E-state index >= 15 is 0 Å². The molecule has 0 saturated carbocycles. The predicted molar refractivity (Wildman–Crippen MR) is 59.6 cm³/mol. The molecule has 0 saturated heterocycles. The number of oxime groups is 1. The molecule has 4 nitrogen and oxygen atoms in total. The summed E-state index contributed by atoms with van der Waals surface area (Å²) in [5.41, 5.74) is 5.36. The number of nitrogens with two attached hydrogens (primary N) is 1. The van der Waals surface area contributed by atoms with E-state index in [1.54, 1.807) is 0 Å². The summed E-state index contributed by atoms with van der Waals surface area (Å²) >= 11 is 0. The van der Waals surface area contributed by atoms with Gasteiger partial charge in [0, 0.05) is 11.5 Å². The van der Waals surface area contributed by atoms with Gasteiger partial charge in [0.15, 0.2) is 0 Å². The topological polar surface area (TPSA) is 70.6 Å². The van der Waals surface area contributed by atoms with E-state index < -0.39 is 0 Å². The normalized spacial score (nSPS) is 13.6. The van der Waals surface area contributed by atoms with Crippen molar-refractivity contribution in [3.63, 3.8) is 0 Å². The molecule has 14 heavy (non-hydrogen) atoms. The monoisotopic (exact) mass is 201 g/mol. The number of nitrogens with zero attached hydrogens (tertiary/aromatic N) is 1. The van der Waals surface area contributed by atoms with Gasteiger partial charge in [-0.2, -0.15) is 0 Å². The van der Waals surface area contributed by atoms with E-state index in [0.717, 1.165) is 19.4 Å². The van der Waals surface area contributed by atoms with E-state index in [1.807, 2.05) is 13.8 Å². The second-order valence-electron chi connectivity index (χ2n) is 4.58. The smallest absolute Gasteiger partial charge is 0.144 e. The summed E-state index contributed by atoms with van der Waals surface area (Å²) in [6.07, 6.45) is 1.95. The largest absolute Gasteiger partial charge is 0.409 e. The number of hydrogen-bond acceptors (Lipinski definition) is 3.